The molecule has 0 spiro atoms. The molecule has 5 nitrogen and oxygen atoms in total. The highest BCUT2D eigenvalue weighted by Gasteiger charge is 2.19. The summed E-state index contributed by atoms with van der Waals surface area (Å²) in [4.78, 5) is 0. The number of aromatic hydroxyl groups is 1. The zero-order valence-electron chi connectivity index (χ0n) is 9.99. The number of rotatable bonds is 4. The Bertz CT molecular complexity index is 417. The average molecular weight is 239 g/mol. The molecule has 0 aromatic heterocycles. The maximum atomic E-state index is 9.81. The minimum atomic E-state index is -0.386. The summed E-state index contributed by atoms with van der Waals surface area (Å²) < 4.78 is 10.4. The van der Waals surface area contributed by atoms with Crippen LogP contribution < -0.4 is 14.8 Å². The first-order valence-corrected chi connectivity index (χ1v) is 5.49. The van der Waals surface area contributed by atoms with Crippen LogP contribution in [0.2, 0.25) is 0 Å². The third kappa shape index (κ3) is 2.62. The van der Waals surface area contributed by atoms with E-state index in [1.807, 2.05) is 13.8 Å². The summed E-state index contributed by atoms with van der Waals surface area (Å²) in [5, 5.41) is 22.1. The van der Waals surface area contributed by atoms with Gasteiger partial charge in [0, 0.05) is 23.7 Å². The van der Waals surface area contributed by atoms with Gasteiger partial charge in [0.1, 0.15) is 5.75 Å². The number of nitrogens with one attached hydrogen (secondary N) is 1. The van der Waals surface area contributed by atoms with E-state index < -0.39 is 0 Å². The SMILES string of the molecule is CC(C)(CO)NCc1cc2c(cc1O)OCO2. The quantitative estimate of drug-likeness (QED) is 0.730. The van der Waals surface area contributed by atoms with Crippen molar-refractivity contribution in [2.45, 2.75) is 25.9 Å². The van der Waals surface area contributed by atoms with Crippen LogP contribution in [0.25, 0.3) is 0 Å². The predicted molar refractivity (Wildman–Crippen MR) is 62.2 cm³/mol. The maximum absolute atomic E-state index is 9.81. The van der Waals surface area contributed by atoms with E-state index in [0.29, 0.717) is 18.0 Å². The van der Waals surface area contributed by atoms with E-state index in [1.54, 1.807) is 12.1 Å². The molecule has 1 aliphatic rings. The number of ether oxygens (including phenoxy) is 2. The second-order valence-corrected chi connectivity index (χ2v) is 4.73. The molecule has 0 bridgehead atoms. The molecule has 2 rings (SSSR count). The first-order valence-electron chi connectivity index (χ1n) is 5.49. The molecule has 3 N–H and O–H groups in total. The fourth-order valence-electron chi connectivity index (χ4n) is 1.51. The van der Waals surface area contributed by atoms with Crippen LogP contribution in [0.15, 0.2) is 12.1 Å². The normalized spacial score (nSPS) is 14.1. The van der Waals surface area contributed by atoms with Gasteiger partial charge in [0.2, 0.25) is 6.79 Å². The number of aliphatic hydroxyl groups excluding tert-OH is 1. The molecule has 0 amide bonds. The summed E-state index contributed by atoms with van der Waals surface area (Å²) in [6.07, 6.45) is 0. The van der Waals surface area contributed by atoms with Gasteiger partial charge in [-0.2, -0.15) is 0 Å². The van der Waals surface area contributed by atoms with E-state index in [9.17, 15) is 5.11 Å². The van der Waals surface area contributed by atoms with E-state index in [4.69, 9.17) is 14.6 Å². The molecule has 0 saturated heterocycles. The summed E-state index contributed by atoms with van der Waals surface area (Å²) in [7, 11) is 0. The van der Waals surface area contributed by atoms with Gasteiger partial charge < -0.3 is 25.0 Å². The Morgan fingerprint density at radius 3 is 2.59 bits per heavy atom. The van der Waals surface area contributed by atoms with Crippen molar-refractivity contribution in [3.05, 3.63) is 17.7 Å². The molecule has 1 aromatic carbocycles. The molecule has 0 radical (unpaired) electrons. The highest BCUT2D eigenvalue weighted by molar-refractivity contribution is 5.51. The Morgan fingerprint density at radius 2 is 1.94 bits per heavy atom. The van der Waals surface area contributed by atoms with Gasteiger partial charge in [-0.1, -0.05) is 0 Å². The van der Waals surface area contributed by atoms with Crippen LogP contribution in [0.4, 0.5) is 0 Å². The molecule has 5 heteroatoms. The number of phenolic OH excluding ortho intramolecular Hbond substituents is 1. The minimum Gasteiger partial charge on any atom is -0.507 e. The number of benzene rings is 1. The number of phenols is 1. The third-order valence-corrected chi connectivity index (χ3v) is 2.73. The van der Waals surface area contributed by atoms with E-state index >= 15 is 0 Å². The lowest BCUT2D eigenvalue weighted by Gasteiger charge is -2.23. The summed E-state index contributed by atoms with van der Waals surface area (Å²) in [5.41, 5.74) is 0.332. The number of hydrogen-bond acceptors (Lipinski definition) is 5. The Morgan fingerprint density at radius 1 is 1.29 bits per heavy atom. The highest BCUT2D eigenvalue weighted by atomic mass is 16.7. The van der Waals surface area contributed by atoms with Crippen LogP contribution >= 0.6 is 0 Å². The monoisotopic (exact) mass is 239 g/mol. The van der Waals surface area contributed by atoms with Crippen molar-refractivity contribution in [2.24, 2.45) is 0 Å². The fourth-order valence-corrected chi connectivity index (χ4v) is 1.51. The highest BCUT2D eigenvalue weighted by Crippen LogP contribution is 2.37. The summed E-state index contributed by atoms with van der Waals surface area (Å²) in [5.74, 6) is 1.37. The van der Waals surface area contributed by atoms with Crippen molar-refractivity contribution in [2.75, 3.05) is 13.4 Å². The molecule has 0 aliphatic carbocycles. The van der Waals surface area contributed by atoms with Crippen molar-refractivity contribution >= 4 is 0 Å². The van der Waals surface area contributed by atoms with Crippen LogP contribution in [0.1, 0.15) is 19.4 Å². The zero-order valence-corrected chi connectivity index (χ0v) is 9.99. The van der Waals surface area contributed by atoms with Crippen molar-refractivity contribution in [1.29, 1.82) is 0 Å². The Hall–Kier alpha value is -1.46. The number of aliphatic hydroxyl groups is 1. The van der Waals surface area contributed by atoms with Crippen LogP contribution in [0.5, 0.6) is 17.2 Å². The molecule has 0 saturated carbocycles. The van der Waals surface area contributed by atoms with E-state index in [-0.39, 0.29) is 24.7 Å². The van der Waals surface area contributed by atoms with Crippen LogP contribution in [-0.2, 0) is 6.54 Å². The Balaban J connectivity index is 2.11. The van der Waals surface area contributed by atoms with Crippen LogP contribution in [-0.4, -0.2) is 29.2 Å². The minimum absolute atomic E-state index is 0.0261. The molecular formula is C12H17NO4. The van der Waals surface area contributed by atoms with Crippen molar-refractivity contribution < 1.29 is 19.7 Å². The maximum Gasteiger partial charge on any atom is 0.231 e. The van der Waals surface area contributed by atoms with E-state index in [1.165, 1.54) is 0 Å². The molecule has 17 heavy (non-hydrogen) atoms. The van der Waals surface area contributed by atoms with Gasteiger partial charge in [-0.15, -0.1) is 0 Å². The Labute approximate surface area is 100.0 Å². The standard InChI is InChI=1S/C12H17NO4/c1-12(2,6-14)13-5-8-3-10-11(4-9(8)15)17-7-16-10/h3-4,13-15H,5-7H2,1-2H3. The van der Waals surface area contributed by atoms with Crippen molar-refractivity contribution in [1.82, 2.24) is 5.32 Å². The summed E-state index contributed by atoms with van der Waals surface area (Å²) in [6, 6.07) is 3.30. The van der Waals surface area contributed by atoms with Gasteiger partial charge in [-0.05, 0) is 19.9 Å². The molecule has 0 fully saturated rings. The zero-order chi connectivity index (χ0) is 12.5. The van der Waals surface area contributed by atoms with Gasteiger partial charge in [0.15, 0.2) is 11.5 Å². The van der Waals surface area contributed by atoms with E-state index in [2.05, 4.69) is 5.32 Å². The van der Waals surface area contributed by atoms with Crippen LogP contribution in [0.3, 0.4) is 0 Å². The molecule has 0 unspecified atom stereocenters. The molecule has 1 aromatic rings. The lowest BCUT2D eigenvalue weighted by molar-refractivity contribution is 0.173. The fraction of sp³-hybridized carbons (Fsp3) is 0.500. The van der Waals surface area contributed by atoms with Gasteiger partial charge in [0.25, 0.3) is 0 Å². The molecular weight excluding hydrogens is 222 g/mol. The topological polar surface area (TPSA) is 71.0 Å². The largest absolute Gasteiger partial charge is 0.507 e. The second kappa shape index (κ2) is 4.43. The van der Waals surface area contributed by atoms with Gasteiger partial charge in [-0.25, -0.2) is 0 Å². The van der Waals surface area contributed by atoms with Crippen molar-refractivity contribution in [3.63, 3.8) is 0 Å². The lowest BCUT2D eigenvalue weighted by Crippen LogP contribution is -2.42. The Kier molecular flexibility index (Phi) is 3.13. The first kappa shape index (κ1) is 12.0. The first-order chi connectivity index (χ1) is 8.02. The summed E-state index contributed by atoms with van der Waals surface area (Å²) in [6.45, 7) is 4.44. The third-order valence-electron chi connectivity index (χ3n) is 2.73. The number of hydrogen-bond donors (Lipinski definition) is 3. The molecule has 1 aliphatic heterocycles. The smallest absolute Gasteiger partial charge is 0.231 e. The van der Waals surface area contributed by atoms with Crippen molar-refractivity contribution in [3.8, 4) is 17.2 Å². The summed E-state index contributed by atoms with van der Waals surface area (Å²) >= 11 is 0. The van der Waals surface area contributed by atoms with Gasteiger partial charge in [-0.3, -0.25) is 0 Å². The van der Waals surface area contributed by atoms with Gasteiger partial charge in [0.05, 0.1) is 6.61 Å². The average Bonchev–Trinajstić information content (AvgIpc) is 2.73. The lowest BCUT2D eigenvalue weighted by atomic mass is 10.1. The second-order valence-electron chi connectivity index (χ2n) is 4.73. The van der Waals surface area contributed by atoms with E-state index in [0.717, 1.165) is 5.56 Å². The predicted octanol–water partition coefficient (Wildman–Crippen LogP) is 0.981. The van der Waals surface area contributed by atoms with Gasteiger partial charge >= 0.3 is 0 Å². The van der Waals surface area contributed by atoms with Crippen LogP contribution in [0, 0.1) is 0 Å². The molecule has 1 heterocycles. The molecule has 94 valence electrons. The molecule has 0 atom stereocenters. The number of fused-ring (bicyclic) bond motifs is 1.